The van der Waals surface area contributed by atoms with E-state index in [0.717, 1.165) is 6.04 Å². The fourth-order valence-corrected chi connectivity index (χ4v) is 2.42. The van der Waals surface area contributed by atoms with E-state index in [1.807, 2.05) is 0 Å². The van der Waals surface area contributed by atoms with E-state index < -0.39 is 45.4 Å². The highest BCUT2D eigenvalue weighted by Gasteiger charge is 2.43. The van der Waals surface area contributed by atoms with Crippen molar-refractivity contribution >= 4 is 8.07 Å². The first-order valence-electron chi connectivity index (χ1n) is 6.18. The third-order valence-electron chi connectivity index (χ3n) is 2.98. The lowest BCUT2D eigenvalue weighted by Crippen LogP contribution is -2.59. The van der Waals surface area contributed by atoms with Gasteiger partial charge in [0.05, 0.1) is 6.61 Å². The Balaban J connectivity index is 2.49. The highest BCUT2D eigenvalue weighted by Crippen LogP contribution is 2.22. The summed E-state index contributed by atoms with van der Waals surface area (Å²) in [5.74, 6) is 0. The summed E-state index contributed by atoms with van der Waals surface area (Å²) >= 11 is 0. The van der Waals surface area contributed by atoms with Gasteiger partial charge in [-0.3, -0.25) is 0 Å². The summed E-state index contributed by atoms with van der Waals surface area (Å²) in [4.78, 5) is 0. The number of hydrogen-bond donors (Lipinski definition) is 4. The van der Waals surface area contributed by atoms with Gasteiger partial charge in [-0.25, -0.2) is 0 Å². The molecule has 108 valence electrons. The second kappa shape index (κ2) is 6.42. The summed E-state index contributed by atoms with van der Waals surface area (Å²) in [5, 5.41) is 37.9. The van der Waals surface area contributed by atoms with Crippen LogP contribution in [0.4, 0.5) is 0 Å². The van der Waals surface area contributed by atoms with Gasteiger partial charge < -0.3 is 29.9 Å². The van der Waals surface area contributed by atoms with Crippen LogP contribution in [-0.2, 0) is 9.47 Å². The monoisotopic (exact) mass is 280 g/mol. The first-order valence-corrected chi connectivity index (χ1v) is 9.89. The third kappa shape index (κ3) is 4.27. The second-order valence-corrected chi connectivity index (χ2v) is 11.5. The van der Waals surface area contributed by atoms with Crippen molar-refractivity contribution in [3.05, 3.63) is 0 Å². The van der Waals surface area contributed by atoms with Gasteiger partial charge >= 0.3 is 0 Å². The molecule has 0 aromatic rings. The topological polar surface area (TPSA) is 99.4 Å². The predicted molar refractivity (Wildman–Crippen MR) is 67.9 cm³/mol. The van der Waals surface area contributed by atoms with E-state index in [2.05, 4.69) is 19.6 Å². The molecule has 7 heteroatoms. The lowest BCUT2D eigenvalue weighted by molar-refractivity contribution is -0.300. The molecule has 0 aromatic heterocycles. The average molecular weight is 280 g/mol. The Morgan fingerprint density at radius 2 is 1.67 bits per heavy atom. The molecule has 0 saturated carbocycles. The van der Waals surface area contributed by atoms with E-state index in [1.54, 1.807) is 0 Å². The molecule has 1 saturated heterocycles. The van der Waals surface area contributed by atoms with E-state index in [-0.39, 0.29) is 0 Å². The molecule has 0 amide bonds. The molecular formula is C11H24O6Si. The van der Waals surface area contributed by atoms with E-state index in [1.165, 1.54) is 0 Å². The van der Waals surface area contributed by atoms with Crippen LogP contribution in [0.3, 0.4) is 0 Å². The van der Waals surface area contributed by atoms with Crippen LogP contribution >= 0.6 is 0 Å². The van der Waals surface area contributed by atoms with Crippen molar-refractivity contribution in [1.82, 2.24) is 0 Å². The second-order valence-electron chi connectivity index (χ2n) is 5.88. The summed E-state index contributed by atoms with van der Waals surface area (Å²) in [6.07, 6.45) is -5.91. The average Bonchev–Trinajstić information content (AvgIpc) is 2.27. The molecule has 18 heavy (non-hydrogen) atoms. The summed E-state index contributed by atoms with van der Waals surface area (Å²) in [5.41, 5.74) is 0. The van der Waals surface area contributed by atoms with Gasteiger partial charge in [0.2, 0.25) is 0 Å². The van der Waals surface area contributed by atoms with Gasteiger partial charge in [0.1, 0.15) is 24.4 Å². The molecule has 6 nitrogen and oxygen atoms in total. The fourth-order valence-electron chi connectivity index (χ4n) is 1.69. The molecule has 0 aliphatic carbocycles. The standard InChI is InChI=1S/C11H24O6Si/c1-18(2,3)5-4-16-11-10(15)9(14)8(13)7(6-12)17-11/h7-15H,4-6H2,1-3H3/t7-,8-,9+,10-,11+/m1/s1. The van der Waals surface area contributed by atoms with E-state index in [0.29, 0.717) is 6.61 Å². The van der Waals surface area contributed by atoms with Crippen LogP contribution in [0.1, 0.15) is 0 Å². The number of ether oxygens (including phenoxy) is 2. The minimum absolute atomic E-state index is 0.429. The summed E-state index contributed by atoms with van der Waals surface area (Å²) in [6.45, 7) is 6.59. The maximum Gasteiger partial charge on any atom is 0.186 e. The smallest absolute Gasteiger partial charge is 0.186 e. The SMILES string of the molecule is C[Si](C)(C)CCO[C@H]1O[C@H](CO)[C@@H](O)[C@H](O)[C@H]1O. The van der Waals surface area contributed by atoms with Gasteiger partial charge in [-0.2, -0.15) is 0 Å². The summed E-state index contributed by atoms with van der Waals surface area (Å²) in [7, 11) is -1.24. The van der Waals surface area contributed by atoms with Gasteiger partial charge in [-0.15, -0.1) is 0 Å². The Bertz CT molecular complexity index is 254. The van der Waals surface area contributed by atoms with Crippen LogP contribution in [0.5, 0.6) is 0 Å². The van der Waals surface area contributed by atoms with Crippen LogP contribution < -0.4 is 0 Å². The quantitative estimate of drug-likeness (QED) is 0.489. The van der Waals surface area contributed by atoms with Crippen molar-refractivity contribution in [2.45, 2.75) is 56.4 Å². The Morgan fingerprint density at radius 1 is 1.06 bits per heavy atom. The molecule has 1 aliphatic heterocycles. The van der Waals surface area contributed by atoms with Crippen LogP contribution in [-0.4, -0.2) is 72.4 Å². The van der Waals surface area contributed by atoms with Crippen LogP contribution in [0.15, 0.2) is 0 Å². The molecule has 0 spiro atoms. The summed E-state index contributed by atoms with van der Waals surface area (Å²) < 4.78 is 10.6. The minimum atomic E-state index is -1.37. The largest absolute Gasteiger partial charge is 0.394 e. The third-order valence-corrected chi connectivity index (χ3v) is 4.69. The van der Waals surface area contributed by atoms with Crippen molar-refractivity contribution in [2.24, 2.45) is 0 Å². The first kappa shape index (κ1) is 16.0. The lowest BCUT2D eigenvalue weighted by atomic mass is 9.99. The Morgan fingerprint density at radius 3 is 2.17 bits per heavy atom. The van der Waals surface area contributed by atoms with Crippen molar-refractivity contribution < 1.29 is 29.9 Å². The highest BCUT2D eigenvalue weighted by atomic mass is 28.3. The Labute approximate surface area is 108 Å². The fraction of sp³-hybridized carbons (Fsp3) is 1.00. The molecule has 1 rings (SSSR count). The molecule has 1 aliphatic rings. The number of aliphatic hydroxyl groups excluding tert-OH is 4. The van der Waals surface area contributed by atoms with Crippen LogP contribution in [0.2, 0.25) is 25.7 Å². The van der Waals surface area contributed by atoms with Gasteiger partial charge in [0, 0.05) is 14.7 Å². The molecule has 1 fully saturated rings. The molecule has 4 N–H and O–H groups in total. The zero-order valence-corrected chi connectivity index (χ0v) is 12.1. The zero-order chi connectivity index (χ0) is 13.9. The van der Waals surface area contributed by atoms with Gasteiger partial charge in [-0.05, 0) is 6.04 Å². The van der Waals surface area contributed by atoms with E-state index in [4.69, 9.17) is 14.6 Å². The van der Waals surface area contributed by atoms with Crippen molar-refractivity contribution in [2.75, 3.05) is 13.2 Å². The van der Waals surface area contributed by atoms with Gasteiger partial charge in [-0.1, -0.05) is 19.6 Å². The maximum atomic E-state index is 9.72. The summed E-state index contributed by atoms with van der Waals surface area (Å²) in [6, 6.07) is 0.905. The molecule has 1 heterocycles. The van der Waals surface area contributed by atoms with Crippen molar-refractivity contribution in [3.8, 4) is 0 Å². The zero-order valence-electron chi connectivity index (χ0n) is 11.1. The van der Waals surface area contributed by atoms with Gasteiger partial charge in [0.25, 0.3) is 0 Å². The normalized spacial score (nSPS) is 37.8. The van der Waals surface area contributed by atoms with Crippen LogP contribution in [0, 0.1) is 0 Å². The molecular weight excluding hydrogens is 256 g/mol. The van der Waals surface area contributed by atoms with E-state index >= 15 is 0 Å². The number of aliphatic hydroxyl groups is 4. The Hall–Kier alpha value is -0.0231. The highest BCUT2D eigenvalue weighted by molar-refractivity contribution is 6.76. The van der Waals surface area contributed by atoms with E-state index in [9.17, 15) is 15.3 Å². The molecule has 0 radical (unpaired) electrons. The molecule has 0 bridgehead atoms. The molecule has 5 atom stereocenters. The molecule has 0 aromatic carbocycles. The van der Waals surface area contributed by atoms with Gasteiger partial charge in [0.15, 0.2) is 6.29 Å². The maximum absolute atomic E-state index is 9.72. The number of hydrogen-bond acceptors (Lipinski definition) is 6. The minimum Gasteiger partial charge on any atom is -0.394 e. The van der Waals surface area contributed by atoms with Crippen LogP contribution in [0.25, 0.3) is 0 Å². The Kier molecular flexibility index (Phi) is 5.72. The van der Waals surface area contributed by atoms with Crippen molar-refractivity contribution in [3.63, 3.8) is 0 Å². The predicted octanol–water partition coefficient (Wildman–Crippen LogP) is -0.859. The lowest BCUT2D eigenvalue weighted by Gasteiger charge is -2.39. The van der Waals surface area contributed by atoms with Crippen molar-refractivity contribution in [1.29, 1.82) is 0 Å². The first-order chi connectivity index (χ1) is 8.26. The molecule has 0 unspecified atom stereocenters. The number of rotatable bonds is 5.